The number of esters is 2. The van der Waals surface area contributed by atoms with Crippen molar-refractivity contribution in [3.63, 3.8) is 0 Å². The van der Waals surface area contributed by atoms with E-state index in [1.165, 1.54) is 128 Å². The average Bonchev–Trinajstić information content (AvgIpc) is 3.12. The molecule has 0 N–H and O–H groups in total. The normalized spacial score (nSPS) is 13.6. The van der Waals surface area contributed by atoms with Gasteiger partial charge in [-0.15, -0.1) is 6.58 Å². The van der Waals surface area contributed by atoms with Gasteiger partial charge in [0.1, 0.15) is 19.8 Å². The third-order valence-electron chi connectivity index (χ3n) is 9.60. The molecule has 2 atom stereocenters. The Bertz CT molecular complexity index is 967. The lowest BCUT2D eigenvalue weighted by molar-refractivity contribution is -0.870. The number of hydrogen-bond acceptors (Lipinski definition) is 8. The van der Waals surface area contributed by atoms with E-state index in [1.54, 1.807) is 0 Å². The van der Waals surface area contributed by atoms with Crippen LogP contribution >= 0.6 is 7.82 Å². The molecule has 0 aliphatic rings. The van der Waals surface area contributed by atoms with E-state index in [-0.39, 0.29) is 26.1 Å². The van der Waals surface area contributed by atoms with E-state index in [4.69, 9.17) is 18.5 Å². The summed E-state index contributed by atoms with van der Waals surface area (Å²) in [5.74, 6) is -0.889. The maximum Gasteiger partial charge on any atom is 0.306 e. The summed E-state index contributed by atoms with van der Waals surface area (Å²) < 4.78 is 33.8. The summed E-state index contributed by atoms with van der Waals surface area (Å²) in [4.78, 5) is 37.5. The second-order valence-electron chi connectivity index (χ2n) is 16.1. The molecular weight excluding hydrogens is 701 g/mol. The fourth-order valence-electron chi connectivity index (χ4n) is 6.12. The van der Waals surface area contributed by atoms with Gasteiger partial charge in [0.2, 0.25) is 0 Å². The Hall–Kier alpha value is -1.51. The second kappa shape index (κ2) is 37.1. The Kier molecular flexibility index (Phi) is 36.1. The number of phosphoric acid groups is 1. The standard InChI is InChI=1S/C44H84NO8P/c1-6-8-10-12-14-16-18-20-22-24-26-28-30-32-34-36-43(46)50-40-42(41-52-54(48,49)51-39-38-45(3,4)5)53-44(47)37-35-33-31-29-27-25-23-21-19-17-15-13-11-9-7-2/h6,31,33,42H,1,7-30,32,34-41H2,2-5H3/b33-31+/t42-/m1/s1. The molecule has 0 heterocycles. The van der Waals surface area contributed by atoms with Crippen LogP contribution in [0.25, 0.3) is 0 Å². The zero-order chi connectivity index (χ0) is 40.0. The molecule has 0 aliphatic carbocycles. The highest BCUT2D eigenvalue weighted by molar-refractivity contribution is 7.45. The van der Waals surface area contributed by atoms with Gasteiger partial charge in [0.25, 0.3) is 7.82 Å². The predicted octanol–water partition coefficient (Wildman–Crippen LogP) is 11.7. The molecule has 0 saturated carbocycles. The van der Waals surface area contributed by atoms with Gasteiger partial charge in [-0.25, -0.2) is 0 Å². The van der Waals surface area contributed by atoms with Crippen molar-refractivity contribution in [2.45, 2.75) is 199 Å². The Morgan fingerprint density at radius 1 is 0.611 bits per heavy atom. The number of nitrogens with zero attached hydrogens (tertiary/aromatic N) is 1. The molecule has 0 aliphatic heterocycles. The van der Waals surface area contributed by atoms with Gasteiger partial charge in [-0.1, -0.05) is 160 Å². The van der Waals surface area contributed by atoms with Crippen LogP contribution in [0.15, 0.2) is 24.8 Å². The molecule has 10 heteroatoms. The van der Waals surface area contributed by atoms with Gasteiger partial charge in [0.15, 0.2) is 6.10 Å². The van der Waals surface area contributed by atoms with Crippen molar-refractivity contribution >= 4 is 19.8 Å². The Morgan fingerprint density at radius 3 is 1.57 bits per heavy atom. The van der Waals surface area contributed by atoms with E-state index in [1.807, 2.05) is 33.3 Å². The summed E-state index contributed by atoms with van der Waals surface area (Å²) >= 11 is 0. The van der Waals surface area contributed by atoms with Crippen LogP contribution in [-0.2, 0) is 32.7 Å². The minimum Gasteiger partial charge on any atom is -0.756 e. The lowest BCUT2D eigenvalue weighted by Gasteiger charge is -2.28. The summed E-state index contributed by atoms with van der Waals surface area (Å²) in [6.07, 6.45) is 38.2. The molecule has 0 amide bonds. The Morgan fingerprint density at radius 2 is 1.07 bits per heavy atom. The van der Waals surface area contributed by atoms with E-state index < -0.39 is 32.5 Å². The van der Waals surface area contributed by atoms with Crippen LogP contribution in [0.4, 0.5) is 0 Å². The van der Waals surface area contributed by atoms with Crippen LogP contribution in [-0.4, -0.2) is 70.0 Å². The van der Waals surface area contributed by atoms with E-state index in [2.05, 4.69) is 19.6 Å². The molecule has 0 fully saturated rings. The summed E-state index contributed by atoms with van der Waals surface area (Å²) in [7, 11) is 1.15. The molecular formula is C44H84NO8P. The van der Waals surface area contributed by atoms with Crippen LogP contribution < -0.4 is 4.89 Å². The largest absolute Gasteiger partial charge is 0.756 e. The van der Waals surface area contributed by atoms with Crippen molar-refractivity contribution < 1.29 is 42.1 Å². The van der Waals surface area contributed by atoms with Crippen molar-refractivity contribution in [1.82, 2.24) is 0 Å². The maximum absolute atomic E-state index is 12.6. The highest BCUT2D eigenvalue weighted by Gasteiger charge is 2.21. The van der Waals surface area contributed by atoms with E-state index >= 15 is 0 Å². The molecule has 0 radical (unpaired) electrons. The maximum atomic E-state index is 12.6. The number of rotatable bonds is 41. The van der Waals surface area contributed by atoms with Crippen molar-refractivity contribution in [3.8, 4) is 0 Å². The van der Waals surface area contributed by atoms with Crippen LogP contribution in [0.1, 0.15) is 193 Å². The van der Waals surface area contributed by atoms with Crippen molar-refractivity contribution in [2.24, 2.45) is 0 Å². The van der Waals surface area contributed by atoms with Crippen molar-refractivity contribution in [3.05, 3.63) is 24.8 Å². The average molecular weight is 786 g/mol. The topological polar surface area (TPSA) is 111 Å². The molecule has 0 aromatic rings. The number of phosphoric ester groups is 1. The minimum atomic E-state index is -4.63. The SMILES string of the molecule is C=CCCCCCCCCCCCCCCCC(=O)OC[C@H](COP(=O)([O-])OCC[N+](C)(C)C)OC(=O)CC/C=C/CCCCCCCCCCCCC. The van der Waals surface area contributed by atoms with E-state index in [9.17, 15) is 19.0 Å². The molecule has 0 rings (SSSR count). The number of ether oxygens (including phenoxy) is 2. The first kappa shape index (κ1) is 52.5. The first-order valence-corrected chi connectivity index (χ1v) is 23.5. The zero-order valence-corrected chi connectivity index (χ0v) is 36.4. The van der Waals surface area contributed by atoms with Crippen LogP contribution in [0, 0.1) is 0 Å². The molecule has 0 bridgehead atoms. The summed E-state index contributed by atoms with van der Waals surface area (Å²) in [6.45, 7) is 5.72. The van der Waals surface area contributed by atoms with Gasteiger partial charge in [0.05, 0.1) is 27.7 Å². The van der Waals surface area contributed by atoms with Crippen LogP contribution in [0.3, 0.4) is 0 Å². The monoisotopic (exact) mass is 786 g/mol. The first-order valence-electron chi connectivity index (χ1n) is 22.0. The molecule has 0 aromatic carbocycles. The van der Waals surface area contributed by atoms with Gasteiger partial charge in [-0.05, 0) is 38.5 Å². The number of allylic oxidation sites excluding steroid dienone is 3. The first-order chi connectivity index (χ1) is 26.0. The molecule has 0 spiro atoms. The highest BCUT2D eigenvalue weighted by atomic mass is 31.2. The highest BCUT2D eigenvalue weighted by Crippen LogP contribution is 2.38. The summed E-state index contributed by atoms with van der Waals surface area (Å²) in [5.41, 5.74) is 0. The fraction of sp³-hybridized carbons (Fsp3) is 0.864. The quantitative estimate of drug-likeness (QED) is 0.0198. The molecule has 9 nitrogen and oxygen atoms in total. The molecule has 1 unspecified atom stereocenters. The smallest absolute Gasteiger partial charge is 0.306 e. The number of hydrogen-bond donors (Lipinski definition) is 0. The van der Waals surface area contributed by atoms with E-state index in [0.29, 0.717) is 17.4 Å². The van der Waals surface area contributed by atoms with E-state index in [0.717, 1.165) is 38.5 Å². The lowest BCUT2D eigenvalue weighted by Crippen LogP contribution is -2.37. The summed E-state index contributed by atoms with van der Waals surface area (Å²) in [5, 5.41) is 0. The number of carbonyl (C=O) groups is 2. The number of likely N-dealkylation sites (N-methyl/N-ethyl adjacent to an activating group) is 1. The van der Waals surface area contributed by atoms with Crippen molar-refractivity contribution in [1.29, 1.82) is 0 Å². The van der Waals surface area contributed by atoms with Crippen LogP contribution in [0.2, 0.25) is 0 Å². The molecule has 54 heavy (non-hydrogen) atoms. The summed E-state index contributed by atoms with van der Waals surface area (Å²) in [6, 6.07) is 0. The minimum absolute atomic E-state index is 0.0355. The van der Waals surface area contributed by atoms with Gasteiger partial charge in [-0.3, -0.25) is 14.2 Å². The van der Waals surface area contributed by atoms with Crippen LogP contribution in [0.5, 0.6) is 0 Å². The number of quaternary nitrogens is 1. The zero-order valence-electron chi connectivity index (χ0n) is 35.5. The Labute approximate surface area is 332 Å². The fourth-order valence-corrected chi connectivity index (χ4v) is 6.85. The number of unbranched alkanes of at least 4 members (excludes halogenated alkanes) is 24. The third-order valence-corrected chi connectivity index (χ3v) is 10.6. The number of carbonyl (C=O) groups excluding carboxylic acids is 2. The van der Waals surface area contributed by atoms with Gasteiger partial charge >= 0.3 is 11.9 Å². The lowest BCUT2D eigenvalue weighted by atomic mass is 10.0. The molecule has 318 valence electrons. The molecule has 0 aromatic heterocycles. The van der Waals surface area contributed by atoms with Crippen molar-refractivity contribution in [2.75, 3.05) is 47.5 Å². The van der Waals surface area contributed by atoms with Gasteiger partial charge < -0.3 is 27.9 Å². The predicted molar refractivity (Wildman–Crippen MR) is 222 cm³/mol. The van der Waals surface area contributed by atoms with Gasteiger partial charge in [-0.2, -0.15) is 0 Å². The Balaban J connectivity index is 4.36. The third kappa shape index (κ3) is 40.2. The second-order valence-corrected chi connectivity index (χ2v) is 17.6. The molecule has 0 saturated heterocycles. The van der Waals surface area contributed by atoms with Gasteiger partial charge in [0, 0.05) is 12.8 Å².